The molecule has 118 valence electrons. The Morgan fingerprint density at radius 1 is 1.10 bits per heavy atom. The minimum atomic E-state index is 0.173. The molecule has 0 amide bonds. The van der Waals surface area contributed by atoms with E-state index in [4.69, 9.17) is 5.73 Å². The molecule has 1 unspecified atom stereocenters. The summed E-state index contributed by atoms with van der Waals surface area (Å²) in [5.74, 6) is 0. The van der Waals surface area contributed by atoms with Crippen molar-refractivity contribution in [3.05, 3.63) is 29.8 Å². The Morgan fingerprint density at radius 2 is 1.67 bits per heavy atom. The highest BCUT2D eigenvalue weighted by molar-refractivity contribution is 5.41. The molecule has 1 fully saturated rings. The molecule has 0 radical (unpaired) electrons. The van der Waals surface area contributed by atoms with Crippen LogP contribution in [0.3, 0.4) is 0 Å². The molecular weight excluding hydrogens is 258 g/mol. The summed E-state index contributed by atoms with van der Waals surface area (Å²) in [5.41, 5.74) is 8.19. The van der Waals surface area contributed by atoms with Crippen molar-refractivity contribution < 1.29 is 0 Å². The van der Waals surface area contributed by atoms with Crippen molar-refractivity contribution in [3.8, 4) is 0 Å². The maximum absolute atomic E-state index is 5.80. The molecule has 1 heterocycles. The van der Waals surface area contributed by atoms with Gasteiger partial charge >= 0.3 is 0 Å². The van der Waals surface area contributed by atoms with Gasteiger partial charge in [-0.15, -0.1) is 0 Å². The van der Waals surface area contributed by atoms with Gasteiger partial charge in [0.2, 0.25) is 0 Å². The van der Waals surface area contributed by atoms with Crippen molar-refractivity contribution in [2.24, 2.45) is 0 Å². The predicted molar refractivity (Wildman–Crippen MR) is 91.6 cm³/mol. The third kappa shape index (κ3) is 4.21. The van der Waals surface area contributed by atoms with E-state index in [2.05, 4.69) is 49.6 Å². The zero-order valence-corrected chi connectivity index (χ0v) is 14.1. The molecular formula is C18H31N3. The lowest BCUT2D eigenvalue weighted by molar-refractivity contribution is 0.0882. The predicted octanol–water partition coefficient (Wildman–Crippen LogP) is 2.96. The summed E-state index contributed by atoms with van der Waals surface area (Å²) in [4.78, 5) is 5.22. The molecule has 0 bridgehead atoms. The number of nitrogen functional groups attached to an aromatic ring is 1. The Kier molecular flexibility index (Phi) is 5.28. The standard InChI is InChI=1S/C18H31N3/c1-5-15(2)21-12-10-20(11-13-21)14-18(3,4)16-6-8-17(19)9-7-16/h6-9,15H,5,10-14,19H2,1-4H3. The van der Waals surface area contributed by atoms with Crippen LogP contribution in [0.4, 0.5) is 5.69 Å². The first-order valence-electron chi connectivity index (χ1n) is 8.25. The van der Waals surface area contributed by atoms with Gasteiger partial charge in [-0.2, -0.15) is 0 Å². The van der Waals surface area contributed by atoms with E-state index in [0.29, 0.717) is 0 Å². The molecule has 0 aliphatic carbocycles. The third-order valence-corrected chi connectivity index (χ3v) is 4.93. The van der Waals surface area contributed by atoms with Gasteiger partial charge in [0.15, 0.2) is 0 Å². The number of hydrogen-bond donors (Lipinski definition) is 1. The van der Waals surface area contributed by atoms with Crippen molar-refractivity contribution in [3.63, 3.8) is 0 Å². The molecule has 1 saturated heterocycles. The fraction of sp³-hybridized carbons (Fsp3) is 0.667. The smallest absolute Gasteiger partial charge is 0.0314 e. The molecule has 1 atom stereocenters. The number of benzene rings is 1. The van der Waals surface area contributed by atoms with Crippen LogP contribution in [-0.4, -0.2) is 48.6 Å². The fourth-order valence-electron chi connectivity index (χ4n) is 3.21. The minimum absolute atomic E-state index is 0.173. The molecule has 0 saturated carbocycles. The van der Waals surface area contributed by atoms with E-state index in [-0.39, 0.29) is 5.41 Å². The summed E-state index contributed by atoms with van der Waals surface area (Å²) < 4.78 is 0. The first kappa shape index (κ1) is 16.3. The van der Waals surface area contributed by atoms with Gasteiger partial charge in [-0.25, -0.2) is 0 Å². The largest absolute Gasteiger partial charge is 0.399 e. The van der Waals surface area contributed by atoms with Crippen molar-refractivity contribution in [1.29, 1.82) is 0 Å². The number of nitrogens with two attached hydrogens (primary N) is 1. The van der Waals surface area contributed by atoms with Gasteiger partial charge in [-0.1, -0.05) is 32.9 Å². The zero-order valence-electron chi connectivity index (χ0n) is 14.1. The fourth-order valence-corrected chi connectivity index (χ4v) is 3.21. The van der Waals surface area contributed by atoms with Crippen LogP contribution in [0.25, 0.3) is 0 Å². The number of nitrogens with zero attached hydrogens (tertiary/aromatic N) is 2. The Labute approximate surface area is 130 Å². The van der Waals surface area contributed by atoms with Gasteiger partial charge in [0, 0.05) is 49.9 Å². The van der Waals surface area contributed by atoms with Crippen LogP contribution < -0.4 is 5.73 Å². The Bertz CT molecular complexity index is 430. The lowest BCUT2D eigenvalue weighted by Gasteiger charge is -2.41. The van der Waals surface area contributed by atoms with E-state index < -0.39 is 0 Å². The van der Waals surface area contributed by atoms with E-state index in [1.165, 1.54) is 38.2 Å². The van der Waals surface area contributed by atoms with E-state index in [1.54, 1.807) is 0 Å². The second-order valence-electron chi connectivity index (χ2n) is 7.08. The maximum atomic E-state index is 5.80. The summed E-state index contributed by atoms with van der Waals surface area (Å²) >= 11 is 0. The maximum Gasteiger partial charge on any atom is 0.0314 e. The van der Waals surface area contributed by atoms with Crippen LogP contribution >= 0.6 is 0 Å². The summed E-state index contributed by atoms with van der Waals surface area (Å²) in [6.07, 6.45) is 1.25. The van der Waals surface area contributed by atoms with Gasteiger partial charge in [-0.05, 0) is 31.0 Å². The van der Waals surface area contributed by atoms with Crippen LogP contribution in [-0.2, 0) is 5.41 Å². The van der Waals surface area contributed by atoms with E-state index >= 15 is 0 Å². The molecule has 3 heteroatoms. The molecule has 0 spiro atoms. The summed E-state index contributed by atoms with van der Waals surface area (Å²) in [6, 6.07) is 9.09. The van der Waals surface area contributed by atoms with Gasteiger partial charge in [0.05, 0.1) is 0 Å². The molecule has 2 rings (SSSR count). The lowest BCUT2D eigenvalue weighted by Crippen LogP contribution is -2.51. The third-order valence-electron chi connectivity index (χ3n) is 4.93. The second kappa shape index (κ2) is 6.80. The minimum Gasteiger partial charge on any atom is -0.399 e. The van der Waals surface area contributed by atoms with Crippen molar-refractivity contribution in [2.75, 3.05) is 38.5 Å². The average Bonchev–Trinajstić information content (AvgIpc) is 2.47. The van der Waals surface area contributed by atoms with E-state index in [1.807, 2.05) is 12.1 Å². The Morgan fingerprint density at radius 3 is 2.19 bits per heavy atom. The van der Waals surface area contributed by atoms with Crippen LogP contribution in [0.5, 0.6) is 0 Å². The molecule has 3 nitrogen and oxygen atoms in total. The molecule has 21 heavy (non-hydrogen) atoms. The molecule has 1 aliphatic heterocycles. The van der Waals surface area contributed by atoms with Crippen LogP contribution in [0, 0.1) is 0 Å². The Hall–Kier alpha value is -1.06. The quantitative estimate of drug-likeness (QED) is 0.846. The highest BCUT2D eigenvalue weighted by Crippen LogP contribution is 2.26. The summed E-state index contributed by atoms with van der Waals surface area (Å²) in [5, 5.41) is 0. The first-order valence-corrected chi connectivity index (χ1v) is 8.25. The molecule has 0 aromatic heterocycles. The van der Waals surface area contributed by atoms with Crippen molar-refractivity contribution in [2.45, 2.75) is 45.6 Å². The van der Waals surface area contributed by atoms with Crippen LogP contribution in [0.15, 0.2) is 24.3 Å². The van der Waals surface area contributed by atoms with Gasteiger partial charge in [-0.3, -0.25) is 9.80 Å². The molecule has 1 aromatic rings. The van der Waals surface area contributed by atoms with E-state index in [9.17, 15) is 0 Å². The highest BCUT2D eigenvalue weighted by atomic mass is 15.3. The SMILES string of the molecule is CCC(C)N1CCN(CC(C)(C)c2ccc(N)cc2)CC1. The van der Waals surface area contributed by atoms with Crippen molar-refractivity contribution in [1.82, 2.24) is 9.80 Å². The number of hydrogen-bond acceptors (Lipinski definition) is 3. The van der Waals surface area contributed by atoms with E-state index in [0.717, 1.165) is 18.3 Å². The number of anilines is 1. The summed E-state index contributed by atoms with van der Waals surface area (Å²) in [7, 11) is 0. The first-order chi connectivity index (χ1) is 9.92. The Balaban J connectivity index is 1.91. The monoisotopic (exact) mass is 289 g/mol. The van der Waals surface area contributed by atoms with Crippen molar-refractivity contribution >= 4 is 5.69 Å². The van der Waals surface area contributed by atoms with Crippen LogP contribution in [0.1, 0.15) is 39.7 Å². The second-order valence-corrected chi connectivity index (χ2v) is 7.08. The summed E-state index contributed by atoms with van der Waals surface area (Å²) in [6.45, 7) is 15.2. The zero-order chi connectivity index (χ0) is 15.5. The average molecular weight is 289 g/mol. The van der Waals surface area contributed by atoms with Gasteiger partial charge in [0.1, 0.15) is 0 Å². The van der Waals surface area contributed by atoms with Gasteiger partial charge < -0.3 is 5.73 Å². The highest BCUT2D eigenvalue weighted by Gasteiger charge is 2.27. The molecule has 1 aliphatic rings. The molecule has 2 N–H and O–H groups in total. The topological polar surface area (TPSA) is 32.5 Å². The van der Waals surface area contributed by atoms with Gasteiger partial charge in [0.25, 0.3) is 0 Å². The van der Waals surface area contributed by atoms with Crippen LogP contribution in [0.2, 0.25) is 0 Å². The molecule has 1 aromatic carbocycles. The normalized spacial score (nSPS) is 19.6. The lowest BCUT2D eigenvalue weighted by atomic mass is 9.84. The number of piperazine rings is 1. The number of rotatable bonds is 5.